The molecule has 0 aliphatic rings. The van der Waals surface area contributed by atoms with Gasteiger partial charge in [0.1, 0.15) is 28.9 Å². The van der Waals surface area contributed by atoms with Crippen LogP contribution in [-0.2, 0) is 17.8 Å². The number of carbonyl (C=O) groups excluding carboxylic acids is 1. The van der Waals surface area contributed by atoms with Crippen LogP contribution in [0.3, 0.4) is 0 Å². The molecule has 0 bridgehead atoms. The molecule has 0 atom stereocenters. The van der Waals surface area contributed by atoms with Crippen molar-refractivity contribution in [3.8, 4) is 11.5 Å². The molecule has 4 aromatic carbocycles. The molecule has 41 heavy (non-hydrogen) atoms. The zero-order valence-electron chi connectivity index (χ0n) is 23.3. The lowest BCUT2D eigenvalue weighted by molar-refractivity contribution is -0.118. The van der Waals surface area contributed by atoms with Crippen molar-refractivity contribution in [2.45, 2.75) is 39.3 Å². The summed E-state index contributed by atoms with van der Waals surface area (Å²) in [4.78, 5) is 18.1. The normalized spacial score (nSPS) is 11.1. The summed E-state index contributed by atoms with van der Waals surface area (Å²) in [5.74, 6) is 0.545. The maximum atomic E-state index is 13.7. The predicted molar refractivity (Wildman–Crippen MR) is 159 cm³/mol. The SMILES string of the molecule is Cc1cc(CN(C=O)CCCc2c(C)c(OC(c3ccccc3)c3ccccc3)c3ncccc3c2O)ccc1F. The first kappa shape index (κ1) is 27.8. The van der Waals surface area contributed by atoms with Crippen LogP contribution in [0, 0.1) is 19.7 Å². The summed E-state index contributed by atoms with van der Waals surface area (Å²) < 4.78 is 20.5. The van der Waals surface area contributed by atoms with Crippen LogP contribution in [0.4, 0.5) is 4.39 Å². The number of ether oxygens (including phenoxy) is 1. The molecule has 0 radical (unpaired) electrons. The highest BCUT2D eigenvalue weighted by atomic mass is 19.1. The summed E-state index contributed by atoms with van der Waals surface area (Å²) in [6, 6.07) is 28.6. The Bertz CT molecular complexity index is 1600. The van der Waals surface area contributed by atoms with Crippen molar-refractivity contribution in [1.29, 1.82) is 0 Å². The molecule has 0 spiro atoms. The second-order valence-corrected chi connectivity index (χ2v) is 10.3. The highest BCUT2D eigenvalue weighted by molar-refractivity contribution is 5.92. The first-order chi connectivity index (χ1) is 20.0. The molecule has 0 fully saturated rings. The molecule has 5 nitrogen and oxygen atoms in total. The zero-order valence-corrected chi connectivity index (χ0v) is 23.3. The molecule has 0 aliphatic carbocycles. The molecule has 1 heterocycles. The van der Waals surface area contributed by atoms with Crippen LogP contribution in [0.2, 0.25) is 0 Å². The number of hydrogen-bond acceptors (Lipinski definition) is 4. The topological polar surface area (TPSA) is 62.7 Å². The molecule has 208 valence electrons. The molecule has 0 saturated heterocycles. The van der Waals surface area contributed by atoms with Gasteiger partial charge in [-0.05, 0) is 67.1 Å². The van der Waals surface area contributed by atoms with Crippen LogP contribution in [0.5, 0.6) is 11.5 Å². The number of carbonyl (C=O) groups is 1. The summed E-state index contributed by atoms with van der Waals surface area (Å²) in [5, 5.41) is 11.9. The van der Waals surface area contributed by atoms with E-state index in [1.54, 1.807) is 36.2 Å². The van der Waals surface area contributed by atoms with Crippen molar-refractivity contribution in [2.75, 3.05) is 6.54 Å². The molecular formula is C35H33FN2O3. The largest absolute Gasteiger partial charge is 0.507 e. The third-order valence-electron chi connectivity index (χ3n) is 7.43. The zero-order chi connectivity index (χ0) is 28.8. The van der Waals surface area contributed by atoms with Crippen molar-refractivity contribution in [2.24, 2.45) is 0 Å². The predicted octanol–water partition coefficient (Wildman–Crippen LogP) is 7.46. The van der Waals surface area contributed by atoms with E-state index < -0.39 is 0 Å². The van der Waals surface area contributed by atoms with Gasteiger partial charge in [0.15, 0.2) is 0 Å². The van der Waals surface area contributed by atoms with Gasteiger partial charge in [-0.2, -0.15) is 0 Å². The van der Waals surface area contributed by atoms with Crippen LogP contribution >= 0.6 is 0 Å². The van der Waals surface area contributed by atoms with Crippen LogP contribution < -0.4 is 4.74 Å². The molecule has 1 aromatic heterocycles. The van der Waals surface area contributed by atoms with Crippen LogP contribution in [-0.4, -0.2) is 27.9 Å². The molecule has 0 aliphatic heterocycles. The van der Waals surface area contributed by atoms with E-state index in [2.05, 4.69) is 4.98 Å². The summed E-state index contributed by atoms with van der Waals surface area (Å²) >= 11 is 0. The third-order valence-corrected chi connectivity index (χ3v) is 7.43. The van der Waals surface area contributed by atoms with Crippen LogP contribution in [0.15, 0.2) is 97.2 Å². The number of phenolic OH excluding ortho intramolecular Hbond substituents is 1. The van der Waals surface area contributed by atoms with Gasteiger partial charge in [0, 0.05) is 35.8 Å². The smallest absolute Gasteiger partial charge is 0.210 e. The molecule has 0 saturated carbocycles. The standard InChI is InChI=1S/C35H33FN2O3/c1-24-21-26(17-18-31(24)36)22-38(23-39)20-10-16-29-25(2)34(32-30(33(29)40)15-9-19-37-32)41-35(27-11-5-3-6-12-27)28-13-7-4-8-14-28/h3-9,11-15,17-19,21,23,35,40H,10,16,20,22H2,1-2H3. The van der Waals surface area contributed by atoms with E-state index in [4.69, 9.17) is 4.74 Å². The van der Waals surface area contributed by atoms with E-state index >= 15 is 0 Å². The van der Waals surface area contributed by atoms with Gasteiger partial charge in [0.25, 0.3) is 0 Å². The van der Waals surface area contributed by atoms with Crippen molar-refractivity contribution in [3.63, 3.8) is 0 Å². The van der Waals surface area contributed by atoms with E-state index in [0.717, 1.165) is 34.2 Å². The number of fused-ring (bicyclic) bond motifs is 1. The van der Waals surface area contributed by atoms with Crippen LogP contribution in [0.25, 0.3) is 10.9 Å². The lowest BCUT2D eigenvalue weighted by Gasteiger charge is -2.24. The number of aromatic nitrogens is 1. The summed E-state index contributed by atoms with van der Waals surface area (Å²) in [6.07, 6.45) is 3.30. The Labute approximate surface area is 239 Å². The highest BCUT2D eigenvalue weighted by Crippen LogP contribution is 2.42. The van der Waals surface area contributed by atoms with E-state index in [1.807, 2.05) is 73.7 Å². The van der Waals surface area contributed by atoms with Crippen molar-refractivity contribution < 1.29 is 19.0 Å². The van der Waals surface area contributed by atoms with Gasteiger partial charge >= 0.3 is 0 Å². The highest BCUT2D eigenvalue weighted by Gasteiger charge is 2.23. The van der Waals surface area contributed by atoms with Crippen LogP contribution in [0.1, 0.15) is 45.9 Å². The average molecular weight is 549 g/mol. The minimum absolute atomic E-state index is 0.181. The number of phenols is 1. The molecule has 6 heteroatoms. The van der Waals surface area contributed by atoms with E-state index in [9.17, 15) is 14.3 Å². The fourth-order valence-corrected chi connectivity index (χ4v) is 5.25. The minimum atomic E-state index is -0.372. The minimum Gasteiger partial charge on any atom is -0.507 e. The summed E-state index contributed by atoms with van der Waals surface area (Å²) in [5.41, 5.74) is 5.63. The Morgan fingerprint density at radius 2 is 1.63 bits per heavy atom. The first-order valence-electron chi connectivity index (χ1n) is 13.8. The number of rotatable bonds is 11. The monoisotopic (exact) mass is 548 g/mol. The number of benzene rings is 4. The number of nitrogens with zero attached hydrogens (tertiary/aromatic N) is 2. The second kappa shape index (κ2) is 12.6. The molecule has 1 N–H and O–H groups in total. The van der Waals surface area contributed by atoms with Gasteiger partial charge in [-0.1, -0.05) is 72.8 Å². The number of aryl methyl sites for hydroxylation is 1. The Hall–Kier alpha value is -4.71. The molecular weight excluding hydrogens is 515 g/mol. The van der Waals surface area contributed by atoms with Gasteiger partial charge in [0.05, 0.1) is 0 Å². The maximum Gasteiger partial charge on any atom is 0.210 e. The fraction of sp³-hybridized carbons (Fsp3) is 0.200. The van der Waals surface area contributed by atoms with Gasteiger partial charge in [-0.3, -0.25) is 9.78 Å². The molecule has 1 amide bonds. The number of halogens is 1. The number of hydrogen-bond donors (Lipinski definition) is 1. The Balaban J connectivity index is 1.44. The van der Waals surface area contributed by atoms with E-state index in [-0.39, 0.29) is 17.7 Å². The molecule has 5 rings (SSSR count). The molecule has 5 aromatic rings. The van der Waals surface area contributed by atoms with Crippen molar-refractivity contribution in [3.05, 3.63) is 136 Å². The molecule has 0 unspecified atom stereocenters. The third kappa shape index (κ3) is 6.22. The Morgan fingerprint density at radius 1 is 0.951 bits per heavy atom. The number of pyridine rings is 1. The lowest BCUT2D eigenvalue weighted by Crippen LogP contribution is -2.23. The number of aromatic hydroxyl groups is 1. The van der Waals surface area contributed by atoms with E-state index in [1.165, 1.54) is 6.07 Å². The average Bonchev–Trinajstić information content (AvgIpc) is 3.01. The fourth-order valence-electron chi connectivity index (χ4n) is 5.25. The lowest BCUT2D eigenvalue weighted by atomic mass is 9.96. The summed E-state index contributed by atoms with van der Waals surface area (Å²) in [7, 11) is 0. The van der Waals surface area contributed by atoms with Gasteiger partial charge in [-0.15, -0.1) is 0 Å². The van der Waals surface area contributed by atoms with Crippen molar-refractivity contribution >= 4 is 17.3 Å². The van der Waals surface area contributed by atoms with Gasteiger partial charge in [0.2, 0.25) is 6.41 Å². The van der Waals surface area contributed by atoms with Crippen molar-refractivity contribution in [1.82, 2.24) is 9.88 Å². The Kier molecular flexibility index (Phi) is 8.59. The first-order valence-corrected chi connectivity index (χ1v) is 13.8. The second-order valence-electron chi connectivity index (χ2n) is 10.3. The van der Waals surface area contributed by atoms with Gasteiger partial charge in [-0.25, -0.2) is 4.39 Å². The van der Waals surface area contributed by atoms with E-state index in [0.29, 0.717) is 48.1 Å². The van der Waals surface area contributed by atoms with Gasteiger partial charge < -0.3 is 14.7 Å². The quantitative estimate of drug-likeness (QED) is 0.174. The Morgan fingerprint density at radius 3 is 2.27 bits per heavy atom. The maximum absolute atomic E-state index is 13.7. The number of amides is 1. The summed E-state index contributed by atoms with van der Waals surface area (Å²) in [6.45, 7) is 4.53.